The Morgan fingerprint density at radius 1 is 1.03 bits per heavy atom. The van der Waals surface area contributed by atoms with Crippen molar-refractivity contribution in [2.75, 3.05) is 0 Å². The quantitative estimate of drug-likeness (QED) is 0.354. The normalized spacial score (nSPS) is 19.5. The summed E-state index contributed by atoms with van der Waals surface area (Å²) in [5.41, 5.74) is 3.62. The zero-order chi connectivity index (χ0) is 22.1. The second-order valence-corrected chi connectivity index (χ2v) is 8.71. The van der Waals surface area contributed by atoms with Gasteiger partial charge in [-0.3, -0.25) is 4.98 Å². The number of pyridine rings is 1. The van der Waals surface area contributed by atoms with E-state index in [4.69, 9.17) is 9.68 Å². The molecule has 0 radical (unpaired) electrons. The molecule has 1 fully saturated rings. The predicted molar refractivity (Wildman–Crippen MR) is 121 cm³/mol. The highest BCUT2D eigenvalue weighted by atomic mass is 19.1. The SMILES string of the molecule is C[C@@H](c1ncc(-c2ccc(C#N)cc2)o1)[C@H]1CC[C@@H](c2ccnc3ccc(F)cc32)CC1. The first-order valence-electron chi connectivity index (χ1n) is 11.1. The van der Waals surface area contributed by atoms with Crippen LogP contribution in [0.25, 0.3) is 22.2 Å². The van der Waals surface area contributed by atoms with Crippen LogP contribution in [0.1, 0.15) is 61.5 Å². The molecular weight excluding hydrogens is 401 g/mol. The van der Waals surface area contributed by atoms with Crippen LogP contribution in [0.2, 0.25) is 0 Å². The molecule has 1 aliphatic carbocycles. The number of benzene rings is 2. The van der Waals surface area contributed by atoms with Crippen LogP contribution in [-0.2, 0) is 0 Å². The largest absolute Gasteiger partial charge is 0.440 e. The van der Waals surface area contributed by atoms with Crippen LogP contribution < -0.4 is 0 Å². The molecule has 4 aromatic rings. The third-order valence-electron chi connectivity index (χ3n) is 6.87. The van der Waals surface area contributed by atoms with E-state index < -0.39 is 0 Å². The highest BCUT2D eigenvalue weighted by Crippen LogP contribution is 2.43. The van der Waals surface area contributed by atoms with Gasteiger partial charge in [0.25, 0.3) is 0 Å². The average molecular weight is 426 g/mol. The molecule has 160 valence electrons. The third kappa shape index (κ3) is 3.89. The lowest BCUT2D eigenvalue weighted by molar-refractivity contribution is 0.266. The lowest BCUT2D eigenvalue weighted by Gasteiger charge is -2.31. The molecule has 0 aliphatic heterocycles. The van der Waals surface area contributed by atoms with Crippen LogP contribution in [-0.4, -0.2) is 9.97 Å². The fourth-order valence-corrected chi connectivity index (χ4v) is 4.97. The van der Waals surface area contributed by atoms with Gasteiger partial charge in [-0.2, -0.15) is 5.26 Å². The van der Waals surface area contributed by atoms with Crippen molar-refractivity contribution in [3.05, 3.63) is 83.8 Å². The number of nitriles is 1. The van der Waals surface area contributed by atoms with Gasteiger partial charge in [0.05, 0.1) is 23.3 Å². The van der Waals surface area contributed by atoms with E-state index in [0.29, 0.717) is 17.4 Å². The summed E-state index contributed by atoms with van der Waals surface area (Å²) >= 11 is 0. The van der Waals surface area contributed by atoms with E-state index in [-0.39, 0.29) is 11.7 Å². The number of fused-ring (bicyclic) bond motifs is 1. The Labute approximate surface area is 186 Å². The van der Waals surface area contributed by atoms with Gasteiger partial charge >= 0.3 is 0 Å². The fourth-order valence-electron chi connectivity index (χ4n) is 4.97. The summed E-state index contributed by atoms with van der Waals surface area (Å²) < 4.78 is 19.9. The average Bonchev–Trinajstić information content (AvgIpc) is 3.34. The maximum absolute atomic E-state index is 13.8. The summed E-state index contributed by atoms with van der Waals surface area (Å²) in [5, 5.41) is 9.90. The van der Waals surface area contributed by atoms with Crippen LogP contribution in [0, 0.1) is 23.1 Å². The van der Waals surface area contributed by atoms with E-state index in [0.717, 1.165) is 53.8 Å². The molecule has 0 amide bonds. The Hall–Kier alpha value is -3.52. The molecule has 1 aliphatic rings. The summed E-state index contributed by atoms with van der Waals surface area (Å²) in [6.07, 6.45) is 7.90. The van der Waals surface area contributed by atoms with Crippen molar-refractivity contribution in [3.63, 3.8) is 0 Å². The summed E-state index contributed by atoms with van der Waals surface area (Å²) in [4.78, 5) is 8.95. The van der Waals surface area contributed by atoms with Crippen molar-refractivity contribution in [2.24, 2.45) is 5.92 Å². The van der Waals surface area contributed by atoms with E-state index in [1.54, 1.807) is 30.5 Å². The Balaban J connectivity index is 1.28. The molecule has 5 rings (SSSR count). The molecule has 0 spiro atoms. The van der Waals surface area contributed by atoms with Crippen LogP contribution in [0.15, 0.2) is 65.3 Å². The van der Waals surface area contributed by atoms with Gasteiger partial charge in [-0.25, -0.2) is 9.37 Å². The van der Waals surface area contributed by atoms with E-state index >= 15 is 0 Å². The molecule has 2 heterocycles. The van der Waals surface area contributed by atoms with Crippen LogP contribution >= 0.6 is 0 Å². The summed E-state index contributed by atoms with van der Waals surface area (Å²) in [6.45, 7) is 2.19. The Kier molecular flexibility index (Phi) is 5.45. The molecule has 0 bridgehead atoms. The number of hydrogen-bond acceptors (Lipinski definition) is 4. The van der Waals surface area contributed by atoms with Gasteiger partial charge < -0.3 is 4.42 Å². The molecule has 1 saturated carbocycles. The van der Waals surface area contributed by atoms with Crippen molar-refractivity contribution in [3.8, 4) is 17.4 Å². The van der Waals surface area contributed by atoms with Crippen molar-refractivity contribution in [2.45, 2.75) is 44.4 Å². The molecular formula is C27H24FN3O. The first-order chi connectivity index (χ1) is 15.6. The third-order valence-corrected chi connectivity index (χ3v) is 6.87. The number of halogens is 1. The minimum atomic E-state index is -0.212. The number of aromatic nitrogens is 2. The van der Waals surface area contributed by atoms with E-state index in [2.05, 4.69) is 23.0 Å². The minimum Gasteiger partial charge on any atom is -0.440 e. The predicted octanol–water partition coefficient (Wildman–Crippen LogP) is 6.98. The maximum Gasteiger partial charge on any atom is 0.198 e. The second-order valence-electron chi connectivity index (χ2n) is 8.71. The van der Waals surface area contributed by atoms with Gasteiger partial charge in [0.15, 0.2) is 11.7 Å². The summed E-state index contributed by atoms with van der Waals surface area (Å²) in [6, 6.07) is 16.4. The van der Waals surface area contributed by atoms with E-state index in [1.165, 1.54) is 11.6 Å². The Bertz CT molecular complexity index is 1280. The highest BCUT2D eigenvalue weighted by Gasteiger charge is 2.30. The van der Waals surface area contributed by atoms with Gasteiger partial charge in [0.2, 0.25) is 0 Å². The highest BCUT2D eigenvalue weighted by molar-refractivity contribution is 5.82. The summed E-state index contributed by atoms with van der Waals surface area (Å²) in [7, 11) is 0. The van der Waals surface area contributed by atoms with Crippen molar-refractivity contribution >= 4 is 10.9 Å². The smallest absolute Gasteiger partial charge is 0.198 e. The van der Waals surface area contributed by atoms with E-state index in [9.17, 15) is 4.39 Å². The van der Waals surface area contributed by atoms with Crippen molar-refractivity contribution in [1.82, 2.24) is 9.97 Å². The van der Waals surface area contributed by atoms with Gasteiger partial charge in [0.1, 0.15) is 5.82 Å². The maximum atomic E-state index is 13.8. The molecule has 4 nitrogen and oxygen atoms in total. The van der Waals surface area contributed by atoms with Gasteiger partial charge in [-0.1, -0.05) is 6.92 Å². The number of hydrogen-bond donors (Lipinski definition) is 0. The Morgan fingerprint density at radius 2 is 1.81 bits per heavy atom. The molecule has 5 heteroatoms. The van der Waals surface area contributed by atoms with Gasteiger partial charge in [0, 0.05) is 23.1 Å². The van der Waals surface area contributed by atoms with Crippen LogP contribution in [0.4, 0.5) is 4.39 Å². The topological polar surface area (TPSA) is 62.7 Å². The van der Waals surface area contributed by atoms with Crippen molar-refractivity contribution in [1.29, 1.82) is 5.26 Å². The molecule has 2 aromatic carbocycles. The lowest BCUT2D eigenvalue weighted by Crippen LogP contribution is -2.18. The van der Waals surface area contributed by atoms with Crippen LogP contribution in [0.5, 0.6) is 0 Å². The zero-order valence-corrected chi connectivity index (χ0v) is 18.0. The van der Waals surface area contributed by atoms with E-state index in [1.807, 2.05) is 24.4 Å². The molecule has 0 saturated heterocycles. The molecule has 0 unspecified atom stereocenters. The molecule has 2 aromatic heterocycles. The zero-order valence-electron chi connectivity index (χ0n) is 18.0. The molecule has 0 N–H and O–H groups in total. The number of oxazole rings is 1. The first-order valence-corrected chi connectivity index (χ1v) is 11.1. The first kappa shape index (κ1) is 20.4. The second kappa shape index (κ2) is 8.55. The fraction of sp³-hybridized carbons (Fsp3) is 0.296. The monoisotopic (exact) mass is 425 g/mol. The van der Waals surface area contributed by atoms with Gasteiger partial charge in [-0.05, 0) is 91.6 Å². The lowest BCUT2D eigenvalue weighted by atomic mass is 9.74. The number of rotatable bonds is 4. The van der Waals surface area contributed by atoms with Gasteiger partial charge in [-0.15, -0.1) is 0 Å². The van der Waals surface area contributed by atoms with Crippen molar-refractivity contribution < 1.29 is 8.81 Å². The number of nitrogens with zero attached hydrogens (tertiary/aromatic N) is 3. The summed E-state index contributed by atoms with van der Waals surface area (Å²) in [5.74, 6) is 2.44. The standard InChI is InChI=1S/C27H24FN3O/c1-17(27-31-16-26(32-27)21-4-2-18(15-29)3-5-21)19-6-8-20(9-7-19)23-12-13-30-25-11-10-22(28)14-24(23)25/h2-5,10-14,16-17,19-20H,6-9H2,1H3/t17-,19-,20+/m1/s1. The minimum absolute atomic E-state index is 0.212. The Morgan fingerprint density at radius 3 is 2.56 bits per heavy atom. The molecule has 1 atom stereocenters. The van der Waals surface area contributed by atoms with Crippen LogP contribution in [0.3, 0.4) is 0 Å². The molecule has 32 heavy (non-hydrogen) atoms.